The molecule has 7 nitrogen and oxygen atoms in total. The van der Waals surface area contributed by atoms with Gasteiger partial charge >= 0.3 is 5.69 Å². The Morgan fingerprint density at radius 1 is 1.37 bits per heavy atom. The van der Waals surface area contributed by atoms with Crippen LogP contribution in [0.25, 0.3) is 0 Å². The van der Waals surface area contributed by atoms with Gasteiger partial charge in [-0.1, -0.05) is 0 Å². The number of hydrogen-bond acceptors (Lipinski definition) is 5. The van der Waals surface area contributed by atoms with Crippen LogP contribution >= 0.6 is 0 Å². The van der Waals surface area contributed by atoms with E-state index in [4.69, 9.17) is 0 Å². The van der Waals surface area contributed by atoms with Crippen molar-refractivity contribution in [3.8, 4) is 0 Å². The largest absolute Gasteiger partial charge is 0.320 e. The number of anilines is 1. The standard InChI is InChI=1S/C11H7FN4O3/c12-8-5-7(1-2-10(8)16(18)19)15-11(17)9-6-13-3-4-14-9/h1-6H,(H,15,17). The molecule has 8 heteroatoms. The predicted octanol–water partition coefficient (Wildman–Crippen LogP) is 1.78. The Balaban J connectivity index is 2.19. The van der Waals surface area contributed by atoms with Gasteiger partial charge in [0.25, 0.3) is 5.91 Å². The number of amides is 1. The molecule has 0 saturated heterocycles. The summed E-state index contributed by atoms with van der Waals surface area (Å²) < 4.78 is 13.3. The van der Waals surface area contributed by atoms with Gasteiger partial charge in [0.1, 0.15) is 5.69 Å². The van der Waals surface area contributed by atoms with Gasteiger partial charge in [-0.15, -0.1) is 0 Å². The summed E-state index contributed by atoms with van der Waals surface area (Å²) in [6.07, 6.45) is 3.99. The van der Waals surface area contributed by atoms with E-state index in [0.717, 1.165) is 12.1 Å². The highest BCUT2D eigenvalue weighted by Gasteiger charge is 2.15. The van der Waals surface area contributed by atoms with Crippen molar-refractivity contribution in [1.82, 2.24) is 9.97 Å². The number of nitro groups is 1. The Kier molecular flexibility index (Phi) is 3.42. The molecule has 1 amide bonds. The number of carbonyl (C=O) groups is 1. The Morgan fingerprint density at radius 3 is 2.74 bits per heavy atom. The van der Waals surface area contributed by atoms with E-state index < -0.39 is 22.3 Å². The maximum Gasteiger partial charge on any atom is 0.304 e. The van der Waals surface area contributed by atoms with Gasteiger partial charge in [-0.05, 0) is 6.07 Å². The molecular formula is C11H7FN4O3. The third-order valence-electron chi connectivity index (χ3n) is 2.20. The third kappa shape index (κ3) is 2.86. The van der Waals surface area contributed by atoms with Crippen LogP contribution in [0.5, 0.6) is 0 Å². The maximum atomic E-state index is 13.3. The molecule has 0 spiro atoms. The SMILES string of the molecule is O=C(Nc1ccc([N+](=O)[O-])c(F)c1)c1cnccn1. The summed E-state index contributed by atoms with van der Waals surface area (Å²) in [5.41, 5.74) is -0.502. The Labute approximate surface area is 106 Å². The third-order valence-corrected chi connectivity index (χ3v) is 2.20. The minimum absolute atomic E-state index is 0.0567. The number of rotatable bonds is 3. The van der Waals surface area contributed by atoms with E-state index in [1.807, 2.05) is 0 Å². The fraction of sp³-hybridized carbons (Fsp3) is 0. The molecule has 0 fully saturated rings. The molecule has 1 aromatic carbocycles. The molecule has 96 valence electrons. The van der Waals surface area contributed by atoms with Crippen molar-refractivity contribution in [3.05, 3.63) is 58.4 Å². The first-order valence-electron chi connectivity index (χ1n) is 5.09. The molecule has 1 aromatic heterocycles. The van der Waals surface area contributed by atoms with Crippen molar-refractivity contribution in [2.45, 2.75) is 0 Å². The van der Waals surface area contributed by atoms with Crippen molar-refractivity contribution in [1.29, 1.82) is 0 Å². The van der Waals surface area contributed by atoms with Crippen LogP contribution in [0.4, 0.5) is 15.8 Å². The average molecular weight is 262 g/mol. The highest BCUT2D eigenvalue weighted by Crippen LogP contribution is 2.20. The molecule has 0 aliphatic heterocycles. The quantitative estimate of drug-likeness (QED) is 0.671. The van der Waals surface area contributed by atoms with Gasteiger partial charge in [-0.2, -0.15) is 4.39 Å². The normalized spacial score (nSPS) is 9.95. The number of halogens is 1. The zero-order valence-electron chi connectivity index (χ0n) is 9.41. The van der Waals surface area contributed by atoms with Crippen molar-refractivity contribution in [2.75, 3.05) is 5.32 Å². The number of nitrogens with zero attached hydrogens (tertiary/aromatic N) is 3. The lowest BCUT2D eigenvalue weighted by Gasteiger charge is -2.04. The Hall–Kier alpha value is -2.90. The number of aromatic nitrogens is 2. The van der Waals surface area contributed by atoms with E-state index in [-0.39, 0.29) is 11.4 Å². The topological polar surface area (TPSA) is 98.0 Å². The molecule has 0 radical (unpaired) electrons. The molecule has 1 heterocycles. The van der Waals surface area contributed by atoms with Gasteiger partial charge in [-0.3, -0.25) is 19.9 Å². The molecule has 0 aliphatic rings. The van der Waals surface area contributed by atoms with E-state index in [9.17, 15) is 19.3 Å². The van der Waals surface area contributed by atoms with Crippen molar-refractivity contribution in [2.24, 2.45) is 0 Å². The minimum atomic E-state index is -1.03. The highest BCUT2D eigenvalue weighted by atomic mass is 19.1. The lowest BCUT2D eigenvalue weighted by molar-refractivity contribution is -0.387. The van der Waals surface area contributed by atoms with Crippen LogP contribution in [0.15, 0.2) is 36.8 Å². The minimum Gasteiger partial charge on any atom is -0.320 e. The number of benzene rings is 1. The Bertz CT molecular complexity index is 633. The summed E-state index contributed by atoms with van der Waals surface area (Å²) in [6, 6.07) is 3.07. The fourth-order valence-electron chi connectivity index (χ4n) is 1.34. The molecule has 1 N–H and O–H groups in total. The first-order chi connectivity index (χ1) is 9.08. The second-order valence-corrected chi connectivity index (χ2v) is 3.47. The van der Waals surface area contributed by atoms with E-state index in [1.54, 1.807) is 0 Å². The summed E-state index contributed by atoms with van der Waals surface area (Å²) in [4.78, 5) is 28.7. The van der Waals surface area contributed by atoms with Crippen LogP contribution in [-0.4, -0.2) is 20.8 Å². The van der Waals surface area contributed by atoms with Crippen LogP contribution in [0, 0.1) is 15.9 Å². The molecular weight excluding hydrogens is 255 g/mol. The van der Waals surface area contributed by atoms with E-state index in [2.05, 4.69) is 15.3 Å². The second-order valence-electron chi connectivity index (χ2n) is 3.47. The number of hydrogen-bond donors (Lipinski definition) is 1. The smallest absolute Gasteiger partial charge is 0.304 e. The van der Waals surface area contributed by atoms with Gasteiger partial charge in [-0.25, -0.2) is 4.98 Å². The molecule has 0 atom stereocenters. The first-order valence-corrected chi connectivity index (χ1v) is 5.09. The van der Waals surface area contributed by atoms with Gasteiger partial charge in [0.2, 0.25) is 5.82 Å². The molecule has 0 saturated carbocycles. The molecule has 19 heavy (non-hydrogen) atoms. The second kappa shape index (κ2) is 5.17. The lowest BCUT2D eigenvalue weighted by atomic mass is 10.2. The molecule has 2 rings (SSSR count). The van der Waals surface area contributed by atoms with Gasteiger partial charge in [0.15, 0.2) is 0 Å². The molecule has 2 aromatic rings. The van der Waals surface area contributed by atoms with Crippen LogP contribution in [0.2, 0.25) is 0 Å². The molecule has 0 unspecified atom stereocenters. The molecule has 0 aliphatic carbocycles. The summed E-state index contributed by atoms with van der Waals surface area (Å²) in [5.74, 6) is -1.61. The average Bonchev–Trinajstić information content (AvgIpc) is 2.39. The van der Waals surface area contributed by atoms with Crippen molar-refractivity contribution >= 4 is 17.3 Å². The molecule has 0 bridgehead atoms. The van der Waals surface area contributed by atoms with Gasteiger partial charge < -0.3 is 5.32 Å². The van der Waals surface area contributed by atoms with Gasteiger partial charge in [0.05, 0.1) is 11.1 Å². The predicted molar refractivity (Wildman–Crippen MR) is 63.0 cm³/mol. The number of nitro benzene ring substituents is 1. The number of carbonyl (C=O) groups excluding carboxylic acids is 1. The van der Waals surface area contributed by atoms with Crippen LogP contribution in [-0.2, 0) is 0 Å². The van der Waals surface area contributed by atoms with Crippen LogP contribution in [0.3, 0.4) is 0 Å². The zero-order chi connectivity index (χ0) is 13.8. The summed E-state index contributed by atoms with van der Waals surface area (Å²) in [5, 5.41) is 12.8. The van der Waals surface area contributed by atoms with E-state index in [1.165, 1.54) is 24.7 Å². The van der Waals surface area contributed by atoms with Crippen molar-refractivity contribution < 1.29 is 14.1 Å². The van der Waals surface area contributed by atoms with Gasteiger partial charge in [0, 0.05) is 30.2 Å². The highest BCUT2D eigenvalue weighted by molar-refractivity contribution is 6.02. The van der Waals surface area contributed by atoms with E-state index in [0.29, 0.717) is 0 Å². The number of nitrogens with one attached hydrogen (secondary N) is 1. The maximum absolute atomic E-state index is 13.3. The lowest BCUT2D eigenvalue weighted by Crippen LogP contribution is -2.14. The summed E-state index contributed by atoms with van der Waals surface area (Å²) in [6.45, 7) is 0. The van der Waals surface area contributed by atoms with E-state index >= 15 is 0 Å². The fourth-order valence-corrected chi connectivity index (χ4v) is 1.34. The zero-order valence-corrected chi connectivity index (χ0v) is 9.41. The monoisotopic (exact) mass is 262 g/mol. The van der Waals surface area contributed by atoms with Crippen LogP contribution < -0.4 is 5.32 Å². The summed E-state index contributed by atoms with van der Waals surface area (Å²) >= 11 is 0. The summed E-state index contributed by atoms with van der Waals surface area (Å²) in [7, 11) is 0. The van der Waals surface area contributed by atoms with Crippen LogP contribution in [0.1, 0.15) is 10.5 Å². The van der Waals surface area contributed by atoms with Crippen molar-refractivity contribution in [3.63, 3.8) is 0 Å². The first kappa shape index (κ1) is 12.6. The Morgan fingerprint density at radius 2 is 2.16 bits per heavy atom.